The number of halogens is 1. The smallest absolute Gasteiger partial charge is 0.127 e. The molecule has 0 radical (unpaired) electrons. The number of hydrogen-bond donors (Lipinski definition) is 1. The zero-order valence-corrected chi connectivity index (χ0v) is 12.4. The molecule has 3 nitrogen and oxygen atoms in total. The van der Waals surface area contributed by atoms with Crippen LogP contribution in [0.15, 0.2) is 33.2 Å². The van der Waals surface area contributed by atoms with E-state index >= 15 is 0 Å². The fourth-order valence-corrected chi connectivity index (χ4v) is 2.96. The van der Waals surface area contributed by atoms with Gasteiger partial charge in [-0.3, -0.25) is 0 Å². The SMILES string of the molecule is CCc1ccc(C(N)c2cc(Br)cc3c2OCC3)o1. The van der Waals surface area contributed by atoms with Crippen molar-refractivity contribution in [3.05, 3.63) is 51.4 Å². The maximum absolute atomic E-state index is 6.33. The highest BCUT2D eigenvalue weighted by Gasteiger charge is 2.23. The molecule has 19 heavy (non-hydrogen) atoms. The zero-order chi connectivity index (χ0) is 13.4. The van der Waals surface area contributed by atoms with Crippen molar-refractivity contribution in [3.63, 3.8) is 0 Å². The van der Waals surface area contributed by atoms with Gasteiger partial charge in [0.25, 0.3) is 0 Å². The number of nitrogens with two attached hydrogens (primary N) is 1. The molecule has 1 aliphatic heterocycles. The average molecular weight is 322 g/mol. The van der Waals surface area contributed by atoms with Crippen molar-refractivity contribution in [3.8, 4) is 5.75 Å². The summed E-state index contributed by atoms with van der Waals surface area (Å²) >= 11 is 3.53. The molecule has 2 aromatic rings. The minimum absolute atomic E-state index is 0.287. The molecule has 0 bridgehead atoms. The molecule has 1 unspecified atom stereocenters. The maximum atomic E-state index is 6.33. The Balaban J connectivity index is 2.02. The Morgan fingerprint density at radius 3 is 2.95 bits per heavy atom. The van der Waals surface area contributed by atoms with Crippen LogP contribution in [0.25, 0.3) is 0 Å². The van der Waals surface area contributed by atoms with Gasteiger partial charge in [0.05, 0.1) is 12.6 Å². The highest BCUT2D eigenvalue weighted by Crippen LogP contribution is 2.38. The molecular formula is C15H16BrNO2. The predicted octanol–water partition coefficient (Wildman–Crippen LogP) is 3.59. The van der Waals surface area contributed by atoms with Crippen LogP contribution in [0.3, 0.4) is 0 Å². The van der Waals surface area contributed by atoms with Gasteiger partial charge in [0.2, 0.25) is 0 Å². The Morgan fingerprint density at radius 2 is 2.21 bits per heavy atom. The van der Waals surface area contributed by atoms with Crippen LogP contribution >= 0.6 is 15.9 Å². The molecule has 2 heterocycles. The van der Waals surface area contributed by atoms with Crippen LogP contribution in [0.1, 0.15) is 35.6 Å². The topological polar surface area (TPSA) is 48.4 Å². The number of aryl methyl sites for hydroxylation is 1. The first kappa shape index (κ1) is 12.8. The van der Waals surface area contributed by atoms with Gasteiger partial charge in [-0.15, -0.1) is 0 Å². The van der Waals surface area contributed by atoms with E-state index in [0.717, 1.165) is 46.8 Å². The van der Waals surface area contributed by atoms with E-state index < -0.39 is 0 Å². The molecule has 3 rings (SSSR count). The molecule has 1 aromatic heterocycles. The minimum Gasteiger partial charge on any atom is -0.493 e. The van der Waals surface area contributed by atoms with Crippen LogP contribution in [-0.2, 0) is 12.8 Å². The van der Waals surface area contributed by atoms with Gasteiger partial charge in [-0.25, -0.2) is 0 Å². The molecule has 0 aliphatic carbocycles. The predicted molar refractivity (Wildman–Crippen MR) is 77.5 cm³/mol. The van der Waals surface area contributed by atoms with Crippen LogP contribution in [0.4, 0.5) is 0 Å². The number of fused-ring (bicyclic) bond motifs is 1. The molecule has 0 saturated carbocycles. The van der Waals surface area contributed by atoms with E-state index in [9.17, 15) is 0 Å². The fraction of sp³-hybridized carbons (Fsp3) is 0.333. The lowest BCUT2D eigenvalue weighted by Gasteiger charge is -2.14. The third-order valence-corrected chi connectivity index (χ3v) is 3.91. The third kappa shape index (κ3) is 2.30. The van der Waals surface area contributed by atoms with E-state index in [0.29, 0.717) is 0 Å². The largest absolute Gasteiger partial charge is 0.493 e. The summed E-state index contributed by atoms with van der Waals surface area (Å²) in [6, 6.07) is 7.76. The van der Waals surface area contributed by atoms with Gasteiger partial charge in [0, 0.05) is 22.9 Å². The van der Waals surface area contributed by atoms with Crippen molar-refractivity contribution in [2.24, 2.45) is 5.73 Å². The number of benzene rings is 1. The Hall–Kier alpha value is -1.26. The monoisotopic (exact) mass is 321 g/mol. The van der Waals surface area contributed by atoms with Crippen LogP contribution in [0.5, 0.6) is 5.75 Å². The Morgan fingerprint density at radius 1 is 1.37 bits per heavy atom. The second-order valence-corrected chi connectivity index (χ2v) is 5.63. The van der Waals surface area contributed by atoms with E-state index in [1.807, 2.05) is 18.2 Å². The number of furan rings is 1. The average Bonchev–Trinajstić information content (AvgIpc) is 3.04. The summed E-state index contributed by atoms with van der Waals surface area (Å²) < 4.78 is 12.5. The van der Waals surface area contributed by atoms with Gasteiger partial charge in [-0.05, 0) is 29.8 Å². The van der Waals surface area contributed by atoms with Gasteiger partial charge in [0.1, 0.15) is 17.3 Å². The summed E-state index contributed by atoms with van der Waals surface area (Å²) in [5.74, 6) is 2.66. The minimum atomic E-state index is -0.287. The van der Waals surface area contributed by atoms with Crippen molar-refractivity contribution < 1.29 is 9.15 Å². The first-order valence-electron chi connectivity index (χ1n) is 6.48. The quantitative estimate of drug-likeness (QED) is 0.939. The standard InChI is InChI=1S/C15H16BrNO2/c1-2-11-3-4-13(19-11)14(17)12-8-10(16)7-9-5-6-18-15(9)12/h3-4,7-8,14H,2,5-6,17H2,1H3. The second kappa shape index (κ2) is 5.02. The molecular weight excluding hydrogens is 306 g/mol. The molecule has 2 N–H and O–H groups in total. The van der Waals surface area contributed by atoms with Crippen LogP contribution in [0.2, 0.25) is 0 Å². The van der Waals surface area contributed by atoms with Gasteiger partial charge in [-0.1, -0.05) is 22.9 Å². The molecule has 4 heteroatoms. The molecule has 1 aromatic carbocycles. The molecule has 0 amide bonds. The van der Waals surface area contributed by atoms with Crippen molar-refractivity contribution in [2.75, 3.05) is 6.61 Å². The van der Waals surface area contributed by atoms with Gasteiger partial charge in [0.15, 0.2) is 0 Å². The maximum Gasteiger partial charge on any atom is 0.127 e. The summed E-state index contributed by atoms with van der Waals surface area (Å²) in [5, 5.41) is 0. The van der Waals surface area contributed by atoms with Crippen LogP contribution in [-0.4, -0.2) is 6.61 Å². The lowest BCUT2D eigenvalue weighted by atomic mass is 10.0. The van der Waals surface area contributed by atoms with E-state index in [-0.39, 0.29) is 6.04 Å². The van der Waals surface area contributed by atoms with Gasteiger partial charge < -0.3 is 14.9 Å². The zero-order valence-electron chi connectivity index (χ0n) is 10.8. The highest BCUT2D eigenvalue weighted by atomic mass is 79.9. The van der Waals surface area contributed by atoms with Crippen molar-refractivity contribution in [1.29, 1.82) is 0 Å². The highest BCUT2D eigenvalue weighted by molar-refractivity contribution is 9.10. The summed E-state index contributed by atoms with van der Waals surface area (Å²) in [6.07, 6.45) is 1.81. The summed E-state index contributed by atoms with van der Waals surface area (Å²) in [7, 11) is 0. The Bertz CT molecular complexity index is 606. The van der Waals surface area contributed by atoms with Gasteiger partial charge >= 0.3 is 0 Å². The molecule has 1 atom stereocenters. The first-order chi connectivity index (χ1) is 9.19. The van der Waals surface area contributed by atoms with Crippen molar-refractivity contribution in [2.45, 2.75) is 25.8 Å². The first-order valence-corrected chi connectivity index (χ1v) is 7.27. The second-order valence-electron chi connectivity index (χ2n) is 4.72. The Labute approximate surface area is 120 Å². The van der Waals surface area contributed by atoms with Crippen LogP contribution in [0, 0.1) is 0 Å². The summed E-state index contributed by atoms with van der Waals surface area (Å²) in [6.45, 7) is 2.79. The number of rotatable bonds is 3. The summed E-state index contributed by atoms with van der Waals surface area (Å²) in [5.41, 5.74) is 8.53. The van der Waals surface area contributed by atoms with E-state index in [1.54, 1.807) is 0 Å². The summed E-state index contributed by atoms with van der Waals surface area (Å²) in [4.78, 5) is 0. The van der Waals surface area contributed by atoms with Gasteiger partial charge in [-0.2, -0.15) is 0 Å². The van der Waals surface area contributed by atoms with E-state index in [2.05, 4.69) is 28.9 Å². The van der Waals surface area contributed by atoms with E-state index in [1.165, 1.54) is 5.56 Å². The lowest BCUT2D eigenvalue weighted by Crippen LogP contribution is -2.12. The third-order valence-electron chi connectivity index (χ3n) is 3.45. The van der Waals surface area contributed by atoms with Crippen LogP contribution < -0.4 is 10.5 Å². The van der Waals surface area contributed by atoms with Crippen molar-refractivity contribution >= 4 is 15.9 Å². The van der Waals surface area contributed by atoms with Crippen molar-refractivity contribution in [1.82, 2.24) is 0 Å². The number of ether oxygens (including phenoxy) is 1. The number of hydrogen-bond acceptors (Lipinski definition) is 3. The Kier molecular flexibility index (Phi) is 3.37. The molecule has 0 saturated heterocycles. The van der Waals surface area contributed by atoms with E-state index in [4.69, 9.17) is 14.9 Å². The molecule has 0 fully saturated rings. The molecule has 100 valence electrons. The molecule has 1 aliphatic rings. The molecule has 0 spiro atoms. The lowest BCUT2D eigenvalue weighted by molar-refractivity contribution is 0.350. The fourth-order valence-electron chi connectivity index (χ4n) is 2.43. The normalized spacial score (nSPS) is 15.1.